The summed E-state index contributed by atoms with van der Waals surface area (Å²) in [4.78, 5) is 35.5. The summed E-state index contributed by atoms with van der Waals surface area (Å²) < 4.78 is 4.99. The summed E-state index contributed by atoms with van der Waals surface area (Å²) in [5, 5.41) is 5.18. The molecule has 1 aromatic carbocycles. The third kappa shape index (κ3) is 6.95. The minimum Gasteiger partial charge on any atom is -0.452 e. The second-order valence-corrected chi connectivity index (χ2v) is 6.98. The van der Waals surface area contributed by atoms with Gasteiger partial charge in [-0.25, -0.2) is 4.79 Å². The molecule has 0 radical (unpaired) electrons. The van der Waals surface area contributed by atoms with Crippen LogP contribution in [0.2, 0.25) is 0 Å². The highest BCUT2D eigenvalue weighted by Crippen LogP contribution is 2.22. The number of benzene rings is 1. The lowest BCUT2D eigenvalue weighted by Crippen LogP contribution is -2.46. The lowest BCUT2D eigenvalue weighted by Gasteiger charge is -2.19. The highest BCUT2D eigenvalue weighted by molar-refractivity contribution is 5.92. The average Bonchev–Trinajstić information content (AvgIpc) is 2.56. The van der Waals surface area contributed by atoms with Crippen LogP contribution in [-0.4, -0.2) is 37.0 Å². The number of ether oxygens (including phenoxy) is 1. The van der Waals surface area contributed by atoms with Crippen LogP contribution in [0.4, 0.5) is 0 Å². The standard InChI is InChI=1S/C19H28N2O4/c1-6-11-20-17(23)13(2)21-16(22)12-25-18(24)14-7-9-15(10-8-14)19(3,4)5/h7-10,13H,6,11-12H2,1-5H3,(H,20,23)(H,21,22)/t13-/m0/s1. The van der Waals surface area contributed by atoms with Crippen LogP contribution in [0.25, 0.3) is 0 Å². The Kier molecular flexibility index (Phi) is 7.61. The van der Waals surface area contributed by atoms with Crippen LogP contribution in [0.5, 0.6) is 0 Å². The summed E-state index contributed by atoms with van der Waals surface area (Å²) in [6.45, 7) is 9.91. The molecule has 0 fully saturated rings. The normalized spacial score (nSPS) is 12.2. The Hall–Kier alpha value is -2.37. The topological polar surface area (TPSA) is 84.5 Å². The summed E-state index contributed by atoms with van der Waals surface area (Å²) in [6, 6.07) is 6.43. The number of hydrogen-bond acceptors (Lipinski definition) is 4. The first-order chi connectivity index (χ1) is 11.6. The van der Waals surface area contributed by atoms with Gasteiger partial charge in [0.1, 0.15) is 6.04 Å². The zero-order valence-corrected chi connectivity index (χ0v) is 15.6. The van der Waals surface area contributed by atoms with E-state index in [1.54, 1.807) is 19.1 Å². The molecule has 0 saturated carbocycles. The van der Waals surface area contributed by atoms with E-state index in [4.69, 9.17) is 4.74 Å². The molecule has 0 aliphatic rings. The summed E-state index contributed by atoms with van der Waals surface area (Å²) in [5.41, 5.74) is 1.49. The van der Waals surface area contributed by atoms with Crippen molar-refractivity contribution in [3.63, 3.8) is 0 Å². The van der Waals surface area contributed by atoms with Gasteiger partial charge in [0, 0.05) is 6.54 Å². The molecule has 2 amide bonds. The first-order valence-corrected chi connectivity index (χ1v) is 8.50. The van der Waals surface area contributed by atoms with Crippen molar-refractivity contribution in [2.45, 2.75) is 52.5 Å². The molecule has 0 spiro atoms. The maximum absolute atomic E-state index is 12.0. The van der Waals surface area contributed by atoms with Gasteiger partial charge in [-0.1, -0.05) is 39.8 Å². The van der Waals surface area contributed by atoms with Crippen molar-refractivity contribution in [1.29, 1.82) is 0 Å². The monoisotopic (exact) mass is 348 g/mol. The fourth-order valence-corrected chi connectivity index (χ4v) is 2.07. The van der Waals surface area contributed by atoms with Gasteiger partial charge in [0.2, 0.25) is 5.91 Å². The third-order valence-corrected chi connectivity index (χ3v) is 3.64. The molecule has 0 heterocycles. The van der Waals surface area contributed by atoms with E-state index in [9.17, 15) is 14.4 Å². The number of rotatable bonds is 7. The summed E-state index contributed by atoms with van der Waals surface area (Å²) in [6.07, 6.45) is 0.817. The molecule has 6 heteroatoms. The zero-order valence-electron chi connectivity index (χ0n) is 15.6. The van der Waals surface area contributed by atoms with Gasteiger partial charge in [-0.3, -0.25) is 9.59 Å². The molecule has 25 heavy (non-hydrogen) atoms. The van der Waals surface area contributed by atoms with Crippen molar-refractivity contribution in [2.24, 2.45) is 0 Å². The van der Waals surface area contributed by atoms with E-state index in [2.05, 4.69) is 31.4 Å². The third-order valence-electron chi connectivity index (χ3n) is 3.64. The molecule has 0 unspecified atom stereocenters. The molecular weight excluding hydrogens is 320 g/mol. The van der Waals surface area contributed by atoms with Crippen LogP contribution in [-0.2, 0) is 19.7 Å². The molecule has 1 aromatic rings. The minimum atomic E-state index is -0.677. The van der Waals surface area contributed by atoms with Crippen molar-refractivity contribution in [1.82, 2.24) is 10.6 Å². The quantitative estimate of drug-likeness (QED) is 0.740. The Morgan fingerprint density at radius 1 is 1.12 bits per heavy atom. The molecule has 1 rings (SSSR count). The number of esters is 1. The highest BCUT2D eigenvalue weighted by atomic mass is 16.5. The molecular formula is C19H28N2O4. The molecule has 2 N–H and O–H groups in total. The van der Waals surface area contributed by atoms with Crippen molar-refractivity contribution in [3.8, 4) is 0 Å². The first kappa shape index (κ1) is 20.7. The number of hydrogen-bond donors (Lipinski definition) is 2. The van der Waals surface area contributed by atoms with Crippen LogP contribution in [0, 0.1) is 0 Å². The van der Waals surface area contributed by atoms with E-state index < -0.39 is 24.5 Å². The lowest BCUT2D eigenvalue weighted by molar-refractivity contribution is -0.130. The summed E-state index contributed by atoms with van der Waals surface area (Å²) in [5.74, 6) is -1.35. The van der Waals surface area contributed by atoms with Crippen LogP contribution in [0.15, 0.2) is 24.3 Å². The maximum atomic E-state index is 12.0. The predicted molar refractivity (Wildman–Crippen MR) is 96.3 cm³/mol. The molecule has 0 aromatic heterocycles. The Balaban J connectivity index is 2.48. The van der Waals surface area contributed by atoms with E-state index in [0.717, 1.165) is 12.0 Å². The minimum absolute atomic E-state index is 0.00317. The second-order valence-electron chi connectivity index (χ2n) is 6.98. The predicted octanol–water partition coefficient (Wildman–Crippen LogP) is 2.17. The molecule has 0 bridgehead atoms. The fraction of sp³-hybridized carbons (Fsp3) is 0.526. The first-order valence-electron chi connectivity index (χ1n) is 8.50. The lowest BCUT2D eigenvalue weighted by atomic mass is 9.87. The molecule has 0 saturated heterocycles. The Bertz CT molecular complexity index is 603. The van der Waals surface area contributed by atoms with Crippen LogP contribution >= 0.6 is 0 Å². The van der Waals surface area contributed by atoms with E-state index in [1.807, 2.05) is 19.1 Å². The smallest absolute Gasteiger partial charge is 0.338 e. The number of carbonyl (C=O) groups excluding carboxylic acids is 3. The van der Waals surface area contributed by atoms with Gasteiger partial charge >= 0.3 is 5.97 Å². The van der Waals surface area contributed by atoms with Crippen LogP contribution < -0.4 is 10.6 Å². The van der Waals surface area contributed by atoms with Crippen molar-refractivity contribution >= 4 is 17.8 Å². The van der Waals surface area contributed by atoms with Gasteiger partial charge in [0.05, 0.1) is 5.56 Å². The van der Waals surface area contributed by atoms with Gasteiger partial charge < -0.3 is 15.4 Å². The molecule has 0 aliphatic heterocycles. The van der Waals surface area contributed by atoms with Gasteiger partial charge in [-0.2, -0.15) is 0 Å². The van der Waals surface area contributed by atoms with E-state index in [0.29, 0.717) is 12.1 Å². The van der Waals surface area contributed by atoms with Crippen molar-refractivity contribution in [3.05, 3.63) is 35.4 Å². The second kappa shape index (κ2) is 9.20. The Labute approximate surface area is 149 Å². The molecule has 138 valence electrons. The summed E-state index contributed by atoms with van der Waals surface area (Å²) >= 11 is 0. The van der Waals surface area contributed by atoms with Gasteiger partial charge in [0.15, 0.2) is 6.61 Å². The number of carbonyl (C=O) groups is 3. The van der Waals surface area contributed by atoms with E-state index in [1.165, 1.54) is 0 Å². The fourth-order valence-electron chi connectivity index (χ4n) is 2.07. The number of amides is 2. The average molecular weight is 348 g/mol. The zero-order chi connectivity index (χ0) is 19.0. The SMILES string of the molecule is CCCNC(=O)[C@H](C)NC(=O)COC(=O)c1ccc(C(C)(C)C)cc1. The molecule has 1 atom stereocenters. The van der Waals surface area contributed by atoms with Crippen molar-refractivity contribution in [2.75, 3.05) is 13.2 Å². The molecule has 0 aliphatic carbocycles. The molecule has 6 nitrogen and oxygen atoms in total. The summed E-state index contributed by atoms with van der Waals surface area (Å²) in [7, 11) is 0. The van der Waals surface area contributed by atoms with Gasteiger partial charge in [-0.15, -0.1) is 0 Å². The van der Waals surface area contributed by atoms with E-state index >= 15 is 0 Å². The maximum Gasteiger partial charge on any atom is 0.338 e. The van der Waals surface area contributed by atoms with Gasteiger partial charge in [0.25, 0.3) is 5.91 Å². The van der Waals surface area contributed by atoms with E-state index in [-0.39, 0.29) is 11.3 Å². The highest BCUT2D eigenvalue weighted by Gasteiger charge is 2.17. The van der Waals surface area contributed by atoms with Gasteiger partial charge in [-0.05, 0) is 36.5 Å². The van der Waals surface area contributed by atoms with Crippen molar-refractivity contribution < 1.29 is 19.1 Å². The van der Waals surface area contributed by atoms with Crippen LogP contribution in [0.1, 0.15) is 57.0 Å². The largest absolute Gasteiger partial charge is 0.452 e. The Morgan fingerprint density at radius 3 is 2.24 bits per heavy atom. The number of nitrogens with one attached hydrogen (secondary N) is 2. The van der Waals surface area contributed by atoms with Crippen LogP contribution in [0.3, 0.4) is 0 Å². The Morgan fingerprint density at radius 2 is 1.72 bits per heavy atom.